The zero-order valence-corrected chi connectivity index (χ0v) is 12.9. The molecule has 0 heterocycles. The van der Waals surface area contributed by atoms with Gasteiger partial charge in [0.2, 0.25) is 11.8 Å². The highest BCUT2D eigenvalue weighted by Crippen LogP contribution is 2.30. The number of carbonyl (C=O) groups is 2. The lowest BCUT2D eigenvalue weighted by Crippen LogP contribution is -2.48. The molecule has 3 N–H and O–H groups in total. The van der Waals surface area contributed by atoms with Gasteiger partial charge in [-0.05, 0) is 26.3 Å². The number of amides is 2. The van der Waals surface area contributed by atoms with Crippen LogP contribution in [0.3, 0.4) is 0 Å². The van der Waals surface area contributed by atoms with Crippen molar-refractivity contribution in [1.29, 1.82) is 0 Å². The molecule has 0 spiro atoms. The summed E-state index contributed by atoms with van der Waals surface area (Å²) in [6.07, 6.45) is 7.58. The predicted molar refractivity (Wildman–Crippen MR) is 80.4 cm³/mol. The smallest absolute Gasteiger partial charge is 0.221 e. The van der Waals surface area contributed by atoms with Gasteiger partial charge in [0, 0.05) is 31.5 Å². The van der Waals surface area contributed by atoms with Crippen LogP contribution in [0.15, 0.2) is 0 Å². The first-order valence-corrected chi connectivity index (χ1v) is 7.84. The highest BCUT2D eigenvalue weighted by atomic mass is 16.2. The van der Waals surface area contributed by atoms with Gasteiger partial charge in [-0.1, -0.05) is 26.2 Å². The number of nitrogens with one attached hydrogen (secondary N) is 3. The molecule has 0 atom stereocenters. The van der Waals surface area contributed by atoms with Crippen molar-refractivity contribution in [2.75, 3.05) is 20.1 Å². The van der Waals surface area contributed by atoms with E-state index in [1.54, 1.807) is 0 Å². The first-order valence-electron chi connectivity index (χ1n) is 7.84. The summed E-state index contributed by atoms with van der Waals surface area (Å²) in [5.41, 5.74) is -0.0349. The van der Waals surface area contributed by atoms with E-state index in [1.165, 1.54) is 19.3 Å². The highest BCUT2D eigenvalue weighted by Gasteiger charge is 2.32. The van der Waals surface area contributed by atoms with Crippen LogP contribution in [-0.4, -0.2) is 37.5 Å². The van der Waals surface area contributed by atoms with Crippen molar-refractivity contribution in [2.45, 2.75) is 63.8 Å². The summed E-state index contributed by atoms with van der Waals surface area (Å²) >= 11 is 0. The quantitative estimate of drug-likeness (QED) is 0.629. The Balaban J connectivity index is 2.23. The van der Waals surface area contributed by atoms with Crippen LogP contribution in [0.5, 0.6) is 0 Å². The van der Waals surface area contributed by atoms with E-state index in [0.29, 0.717) is 25.9 Å². The van der Waals surface area contributed by atoms with Crippen LogP contribution in [0, 0.1) is 0 Å². The van der Waals surface area contributed by atoms with Crippen molar-refractivity contribution in [3.05, 3.63) is 0 Å². The molecular formula is C15H29N3O2. The minimum atomic E-state index is -0.0349. The summed E-state index contributed by atoms with van der Waals surface area (Å²) < 4.78 is 0. The van der Waals surface area contributed by atoms with Gasteiger partial charge < -0.3 is 16.0 Å². The van der Waals surface area contributed by atoms with Gasteiger partial charge in [0.25, 0.3) is 0 Å². The lowest BCUT2D eigenvalue weighted by molar-refractivity contribution is -0.123. The third-order valence-electron chi connectivity index (χ3n) is 4.09. The maximum Gasteiger partial charge on any atom is 0.221 e. The van der Waals surface area contributed by atoms with E-state index in [0.717, 1.165) is 19.3 Å². The molecule has 1 saturated carbocycles. The van der Waals surface area contributed by atoms with E-state index < -0.39 is 0 Å². The molecule has 20 heavy (non-hydrogen) atoms. The highest BCUT2D eigenvalue weighted by molar-refractivity contribution is 5.79. The molecule has 0 aromatic rings. The van der Waals surface area contributed by atoms with E-state index in [1.807, 2.05) is 14.0 Å². The molecule has 1 rings (SSSR count). The average Bonchev–Trinajstić information content (AvgIpc) is 2.46. The van der Waals surface area contributed by atoms with Crippen molar-refractivity contribution < 1.29 is 9.59 Å². The summed E-state index contributed by atoms with van der Waals surface area (Å²) in [6, 6.07) is 0. The molecule has 1 aliphatic carbocycles. The lowest BCUT2D eigenvalue weighted by atomic mass is 9.79. The number of rotatable bonds is 8. The van der Waals surface area contributed by atoms with Crippen LogP contribution < -0.4 is 16.0 Å². The van der Waals surface area contributed by atoms with Crippen LogP contribution in [0.2, 0.25) is 0 Å². The molecule has 5 heteroatoms. The second-order valence-corrected chi connectivity index (χ2v) is 5.72. The fraction of sp³-hybridized carbons (Fsp3) is 0.867. The Labute approximate surface area is 122 Å². The largest absolute Gasteiger partial charge is 0.356 e. The summed E-state index contributed by atoms with van der Waals surface area (Å²) in [4.78, 5) is 23.4. The second kappa shape index (κ2) is 8.95. The molecule has 1 fully saturated rings. The Morgan fingerprint density at radius 1 is 1.00 bits per heavy atom. The maximum absolute atomic E-state index is 12.0. The molecule has 0 aliphatic heterocycles. The monoisotopic (exact) mass is 283 g/mol. The Bertz CT molecular complexity index is 312. The maximum atomic E-state index is 12.0. The van der Waals surface area contributed by atoms with Crippen molar-refractivity contribution in [1.82, 2.24) is 16.0 Å². The Hall–Kier alpha value is -1.10. The first kappa shape index (κ1) is 17.0. The Morgan fingerprint density at radius 2 is 1.65 bits per heavy atom. The van der Waals surface area contributed by atoms with E-state index >= 15 is 0 Å². The summed E-state index contributed by atoms with van der Waals surface area (Å²) in [6.45, 7) is 3.15. The van der Waals surface area contributed by atoms with Crippen molar-refractivity contribution in [2.24, 2.45) is 0 Å². The van der Waals surface area contributed by atoms with E-state index in [-0.39, 0.29) is 17.4 Å². The molecule has 0 bridgehead atoms. The number of carbonyl (C=O) groups excluding carboxylic acids is 2. The van der Waals surface area contributed by atoms with Gasteiger partial charge in [0.05, 0.1) is 0 Å². The molecule has 0 unspecified atom stereocenters. The predicted octanol–water partition coefficient (Wildman–Crippen LogP) is 1.33. The molecule has 0 aromatic heterocycles. The van der Waals surface area contributed by atoms with Crippen molar-refractivity contribution in [3.8, 4) is 0 Å². The Kier molecular flexibility index (Phi) is 7.59. The topological polar surface area (TPSA) is 70.2 Å². The fourth-order valence-corrected chi connectivity index (χ4v) is 2.78. The third kappa shape index (κ3) is 5.90. The molecule has 116 valence electrons. The molecule has 5 nitrogen and oxygen atoms in total. The van der Waals surface area contributed by atoms with Crippen LogP contribution >= 0.6 is 0 Å². The molecule has 1 aliphatic rings. The standard InChI is InChI=1S/C15H29N3O2/c1-3-10-17-13(19)7-11-18-14(20)12-15(16-2)8-5-4-6-9-15/h16H,3-12H2,1-2H3,(H,17,19)(H,18,20). The summed E-state index contributed by atoms with van der Waals surface area (Å²) in [7, 11) is 1.94. The van der Waals surface area contributed by atoms with Gasteiger partial charge in [-0.2, -0.15) is 0 Å². The normalized spacial score (nSPS) is 17.5. The van der Waals surface area contributed by atoms with Crippen LogP contribution in [0.1, 0.15) is 58.3 Å². The van der Waals surface area contributed by atoms with Gasteiger partial charge in [0.15, 0.2) is 0 Å². The van der Waals surface area contributed by atoms with Gasteiger partial charge in [-0.3, -0.25) is 9.59 Å². The summed E-state index contributed by atoms with van der Waals surface area (Å²) in [5.74, 6) is 0.0534. The van der Waals surface area contributed by atoms with Crippen LogP contribution in [-0.2, 0) is 9.59 Å². The number of hydrogen-bond acceptors (Lipinski definition) is 3. The van der Waals surface area contributed by atoms with Crippen LogP contribution in [0.25, 0.3) is 0 Å². The minimum absolute atomic E-state index is 0.00754. The van der Waals surface area contributed by atoms with Crippen molar-refractivity contribution >= 4 is 11.8 Å². The SMILES string of the molecule is CCCNC(=O)CCNC(=O)CC1(NC)CCCCC1. The lowest BCUT2D eigenvalue weighted by Gasteiger charge is -2.36. The molecule has 0 radical (unpaired) electrons. The van der Waals surface area contributed by atoms with Crippen molar-refractivity contribution in [3.63, 3.8) is 0 Å². The van der Waals surface area contributed by atoms with E-state index in [9.17, 15) is 9.59 Å². The van der Waals surface area contributed by atoms with Gasteiger partial charge in [-0.25, -0.2) is 0 Å². The minimum Gasteiger partial charge on any atom is -0.356 e. The Morgan fingerprint density at radius 3 is 2.25 bits per heavy atom. The van der Waals surface area contributed by atoms with E-state index in [4.69, 9.17) is 0 Å². The second-order valence-electron chi connectivity index (χ2n) is 5.72. The van der Waals surface area contributed by atoms with Crippen LogP contribution in [0.4, 0.5) is 0 Å². The zero-order chi connectivity index (χ0) is 14.8. The molecule has 0 saturated heterocycles. The van der Waals surface area contributed by atoms with Gasteiger partial charge >= 0.3 is 0 Å². The molecular weight excluding hydrogens is 254 g/mol. The molecule has 2 amide bonds. The first-order chi connectivity index (χ1) is 9.62. The van der Waals surface area contributed by atoms with Gasteiger partial charge in [0.1, 0.15) is 0 Å². The fourth-order valence-electron chi connectivity index (χ4n) is 2.78. The summed E-state index contributed by atoms with van der Waals surface area (Å²) in [5, 5.41) is 9.00. The van der Waals surface area contributed by atoms with E-state index in [2.05, 4.69) is 16.0 Å². The number of hydrogen-bond donors (Lipinski definition) is 3. The van der Waals surface area contributed by atoms with Gasteiger partial charge in [-0.15, -0.1) is 0 Å². The molecule has 0 aromatic carbocycles. The zero-order valence-electron chi connectivity index (χ0n) is 12.9. The average molecular weight is 283 g/mol. The third-order valence-corrected chi connectivity index (χ3v) is 4.09.